The maximum Gasteiger partial charge on any atom is 0.310 e. The molecule has 162 valence electrons. The Morgan fingerprint density at radius 1 is 1.45 bits per heavy atom. The van der Waals surface area contributed by atoms with E-state index in [1.165, 1.54) is 4.90 Å². The third-order valence-electron chi connectivity index (χ3n) is 6.84. The predicted molar refractivity (Wildman–Crippen MR) is 105 cm³/mol. The van der Waals surface area contributed by atoms with Gasteiger partial charge in [0.2, 0.25) is 11.8 Å². The number of aliphatic hydroxyl groups is 1. The fourth-order valence-corrected chi connectivity index (χ4v) is 5.57. The molecule has 3 aliphatic heterocycles. The van der Waals surface area contributed by atoms with Crippen molar-refractivity contribution in [1.82, 2.24) is 9.80 Å². The van der Waals surface area contributed by atoms with Crippen LogP contribution in [0.1, 0.15) is 46.5 Å². The summed E-state index contributed by atoms with van der Waals surface area (Å²) in [6, 6.07) is -1.60. The molecular weight excluding hydrogens is 376 g/mol. The SMILES string of the molecule is C=CCN(C(=O)C1N([C@H](C)CO)C(=O)[C@@H]2[C@@H](C(=O)O)[C@H]3CCC12O3)C(C)CCC. The number of amides is 2. The average molecular weight is 408 g/mol. The number of carboxylic acids is 1. The Kier molecular flexibility index (Phi) is 6.06. The maximum atomic E-state index is 13.8. The largest absolute Gasteiger partial charge is 0.481 e. The van der Waals surface area contributed by atoms with E-state index in [2.05, 4.69) is 6.58 Å². The number of hydrogen-bond donors (Lipinski definition) is 2. The molecule has 0 saturated carbocycles. The van der Waals surface area contributed by atoms with Crippen molar-refractivity contribution in [3.05, 3.63) is 12.7 Å². The highest BCUT2D eigenvalue weighted by Crippen LogP contribution is 2.59. The van der Waals surface area contributed by atoms with Crippen molar-refractivity contribution in [1.29, 1.82) is 0 Å². The quantitative estimate of drug-likeness (QED) is 0.552. The summed E-state index contributed by atoms with van der Waals surface area (Å²) in [5, 5.41) is 19.5. The van der Waals surface area contributed by atoms with Crippen molar-refractivity contribution in [2.75, 3.05) is 13.2 Å². The van der Waals surface area contributed by atoms with Crippen LogP contribution in [0.25, 0.3) is 0 Å². The van der Waals surface area contributed by atoms with E-state index in [1.54, 1.807) is 17.9 Å². The number of nitrogens with zero attached hydrogens (tertiary/aromatic N) is 2. The molecule has 2 amide bonds. The van der Waals surface area contributed by atoms with E-state index < -0.39 is 47.5 Å². The monoisotopic (exact) mass is 408 g/mol. The molecule has 8 nitrogen and oxygen atoms in total. The highest BCUT2D eigenvalue weighted by Gasteiger charge is 2.75. The second-order valence-electron chi connectivity index (χ2n) is 8.59. The van der Waals surface area contributed by atoms with E-state index in [-0.39, 0.29) is 18.6 Å². The fourth-order valence-electron chi connectivity index (χ4n) is 5.57. The van der Waals surface area contributed by atoms with Crippen molar-refractivity contribution in [2.24, 2.45) is 11.8 Å². The van der Waals surface area contributed by atoms with Crippen molar-refractivity contribution < 1.29 is 29.3 Å². The second kappa shape index (κ2) is 8.07. The number of hydrogen-bond acceptors (Lipinski definition) is 5. The van der Waals surface area contributed by atoms with Crippen LogP contribution in [0.15, 0.2) is 12.7 Å². The molecule has 3 fully saturated rings. The molecule has 0 aromatic rings. The van der Waals surface area contributed by atoms with E-state index >= 15 is 0 Å². The average Bonchev–Trinajstić information content (AvgIpc) is 3.32. The summed E-state index contributed by atoms with van der Waals surface area (Å²) >= 11 is 0. The van der Waals surface area contributed by atoms with Crippen molar-refractivity contribution in [2.45, 2.75) is 76.3 Å². The molecule has 0 radical (unpaired) electrons. The van der Waals surface area contributed by atoms with Gasteiger partial charge in [0.05, 0.1) is 30.6 Å². The first-order valence-corrected chi connectivity index (χ1v) is 10.5. The zero-order valence-electron chi connectivity index (χ0n) is 17.4. The van der Waals surface area contributed by atoms with Gasteiger partial charge < -0.3 is 24.7 Å². The van der Waals surface area contributed by atoms with Crippen LogP contribution in [0.5, 0.6) is 0 Å². The minimum atomic E-state index is -1.14. The summed E-state index contributed by atoms with van der Waals surface area (Å²) in [6.07, 6.45) is 3.78. The second-order valence-corrected chi connectivity index (χ2v) is 8.59. The topological polar surface area (TPSA) is 107 Å². The van der Waals surface area contributed by atoms with Crippen molar-refractivity contribution in [3.63, 3.8) is 0 Å². The first-order chi connectivity index (χ1) is 13.7. The first kappa shape index (κ1) is 21.8. The van der Waals surface area contributed by atoms with E-state index in [1.807, 2.05) is 13.8 Å². The summed E-state index contributed by atoms with van der Waals surface area (Å²) in [6.45, 7) is 9.45. The molecule has 1 spiro atoms. The Morgan fingerprint density at radius 3 is 2.69 bits per heavy atom. The lowest BCUT2D eigenvalue weighted by Gasteiger charge is -2.40. The van der Waals surface area contributed by atoms with E-state index in [9.17, 15) is 24.6 Å². The number of carboxylic acid groups (broad SMARTS) is 1. The van der Waals surface area contributed by atoms with Crippen LogP contribution < -0.4 is 0 Å². The minimum Gasteiger partial charge on any atom is -0.481 e. The molecular formula is C21H32N2O6. The molecule has 7 atom stereocenters. The molecule has 8 heteroatoms. The highest BCUT2D eigenvalue weighted by atomic mass is 16.5. The van der Waals surface area contributed by atoms with Crippen LogP contribution in [0.4, 0.5) is 0 Å². The third-order valence-corrected chi connectivity index (χ3v) is 6.84. The van der Waals surface area contributed by atoms with Crippen LogP contribution in [0, 0.1) is 11.8 Å². The van der Waals surface area contributed by atoms with Gasteiger partial charge in [0.25, 0.3) is 0 Å². The number of carbonyl (C=O) groups is 3. The van der Waals surface area contributed by atoms with Gasteiger partial charge in [0.1, 0.15) is 11.6 Å². The van der Waals surface area contributed by atoms with Gasteiger partial charge in [-0.05, 0) is 33.1 Å². The highest BCUT2D eigenvalue weighted by molar-refractivity contribution is 5.98. The number of aliphatic carboxylic acids is 1. The van der Waals surface area contributed by atoms with Gasteiger partial charge in [-0.1, -0.05) is 19.4 Å². The lowest BCUT2D eigenvalue weighted by atomic mass is 9.70. The van der Waals surface area contributed by atoms with Crippen LogP contribution in [-0.2, 0) is 19.1 Å². The summed E-state index contributed by atoms with van der Waals surface area (Å²) in [7, 11) is 0. The lowest BCUT2D eigenvalue weighted by molar-refractivity contribution is -0.153. The Balaban J connectivity index is 2.06. The van der Waals surface area contributed by atoms with Gasteiger partial charge in [-0.2, -0.15) is 0 Å². The zero-order chi connectivity index (χ0) is 21.5. The maximum absolute atomic E-state index is 13.8. The number of ether oxygens (including phenoxy) is 1. The van der Waals surface area contributed by atoms with E-state index in [4.69, 9.17) is 4.74 Å². The Morgan fingerprint density at radius 2 is 2.14 bits per heavy atom. The van der Waals surface area contributed by atoms with Crippen molar-refractivity contribution >= 4 is 17.8 Å². The molecule has 3 saturated heterocycles. The Hall–Kier alpha value is -1.93. The number of likely N-dealkylation sites (tertiary alicyclic amines) is 1. The van der Waals surface area contributed by atoms with Gasteiger partial charge in [-0.25, -0.2) is 0 Å². The van der Waals surface area contributed by atoms with Crippen LogP contribution in [0.2, 0.25) is 0 Å². The Bertz CT molecular complexity index is 697. The summed E-state index contributed by atoms with van der Waals surface area (Å²) in [4.78, 5) is 42.2. The predicted octanol–water partition coefficient (Wildman–Crippen LogP) is 1.03. The Labute approximate surface area is 171 Å². The molecule has 0 aromatic carbocycles. The zero-order valence-corrected chi connectivity index (χ0v) is 17.4. The third kappa shape index (κ3) is 3.17. The standard InChI is InChI=1S/C21H32N2O6/c1-5-7-12(3)22(10-6-2)19(26)17-21-9-8-14(29-21)15(20(27)28)16(21)18(25)23(17)13(4)11-24/h6,12-17,24H,2,5,7-11H2,1,3-4H3,(H,27,28)/t12?,13-,14-,15+,16+,17?,21?/m1/s1. The number of carbonyl (C=O) groups excluding carboxylic acids is 2. The molecule has 2 bridgehead atoms. The summed E-state index contributed by atoms with van der Waals surface area (Å²) in [5.41, 5.74) is -1.14. The van der Waals surface area contributed by atoms with Gasteiger partial charge >= 0.3 is 5.97 Å². The molecule has 29 heavy (non-hydrogen) atoms. The van der Waals surface area contributed by atoms with Gasteiger partial charge in [-0.3, -0.25) is 14.4 Å². The first-order valence-electron chi connectivity index (χ1n) is 10.5. The minimum absolute atomic E-state index is 0.0591. The molecule has 0 aliphatic carbocycles. The van der Waals surface area contributed by atoms with Gasteiger partial charge in [0.15, 0.2) is 0 Å². The summed E-state index contributed by atoms with van der Waals surface area (Å²) in [5.74, 6) is -3.58. The van der Waals surface area contributed by atoms with Crippen LogP contribution >= 0.6 is 0 Å². The molecule has 3 unspecified atom stereocenters. The normalized spacial score (nSPS) is 34.8. The van der Waals surface area contributed by atoms with Gasteiger partial charge in [-0.15, -0.1) is 6.58 Å². The van der Waals surface area contributed by atoms with Crippen LogP contribution in [0.3, 0.4) is 0 Å². The molecule has 3 aliphatic rings. The fraction of sp³-hybridized carbons (Fsp3) is 0.762. The number of rotatable bonds is 9. The molecule has 3 heterocycles. The lowest BCUT2D eigenvalue weighted by Crippen LogP contribution is -2.59. The molecule has 3 rings (SSSR count). The number of aliphatic hydroxyl groups excluding tert-OH is 1. The molecule has 0 aromatic heterocycles. The smallest absolute Gasteiger partial charge is 0.310 e. The summed E-state index contributed by atoms with van der Waals surface area (Å²) < 4.78 is 6.16. The van der Waals surface area contributed by atoms with Crippen LogP contribution in [-0.4, -0.2) is 80.8 Å². The number of fused-ring (bicyclic) bond motifs is 1. The van der Waals surface area contributed by atoms with E-state index in [0.29, 0.717) is 19.4 Å². The van der Waals surface area contributed by atoms with E-state index in [0.717, 1.165) is 12.8 Å². The van der Waals surface area contributed by atoms with Crippen molar-refractivity contribution in [3.8, 4) is 0 Å². The van der Waals surface area contributed by atoms with Gasteiger partial charge in [0, 0.05) is 12.6 Å². The molecule has 2 N–H and O–H groups in total.